The van der Waals surface area contributed by atoms with Gasteiger partial charge < -0.3 is 25.5 Å². The average molecular weight is 338 g/mol. The Labute approximate surface area is 135 Å². The number of aromatic amines is 1. The van der Waals surface area contributed by atoms with Crippen molar-refractivity contribution in [3.63, 3.8) is 0 Å². The van der Waals surface area contributed by atoms with Crippen LogP contribution in [-0.2, 0) is 16.1 Å². The lowest BCUT2D eigenvalue weighted by Crippen LogP contribution is -2.45. The van der Waals surface area contributed by atoms with Crippen LogP contribution in [0.4, 0.5) is 10.6 Å². The predicted molar refractivity (Wildman–Crippen MR) is 83.4 cm³/mol. The fraction of sp³-hybridized carbons (Fsp3) is 0.462. The molecular weight excluding hydrogens is 320 g/mol. The molecule has 24 heavy (non-hydrogen) atoms. The van der Waals surface area contributed by atoms with Crippen LogP contribution in [0, 0.1) is 0 Å². The van der Waals surface area contributed by atoms with Gasteiger partial charge in [0.15, 0.2) is 5.65 Å². The summed E-state index contributed by atoms with van der Waals surface area (Å²) in [6, 6.07) is -1.31. The van der Waals surface area contributed by atoms with Crippen molar-refractivity contribution in [3.05, 3.63) is 16.8 Å². The summed E-state index contributed by atoms with van der Waals surface area (Å²) in [6.45, 7) is 4.76. The molecule has 0 bridgehead atoms. The van der Waals surface area contributed by atoms with Crippen LogP contribution in [0.25, 0.3) is 11.2 Å². The van der Waals surface area contributed by atoms with Gasteiger partial charge in [-0.3, -0.25) is 4.98 Å². The molecule has 0 aliphatic heterocycles. The summed E-state index contributed by atoms with van der Waals surface area (Å²) >= 11 is 0. The van der Waals surface area contributed by atoms with Crippen LogP contribution in [0.5, 0.6) is 0 Å². The maximum absolute atomic E-state index is 11.8. The second-order valence-electron chi connectivity index (χ2n) is 6.06. The first-order valence-corrected chi connectivity index (χ1v) is 7.00. The van der Waals surface area contributed by atoms with Gasteiger partial charge in [-0.1, -0.05) is 0 Å². The highest BCUT2D eigenvalue weighted by Crippen LogP contribution is 2.13. The highest BCUT2D eigenvalue weighted by molar-refractivity contribution is 5.82. The third-order valence-corrected chi connectivity index (χ3v) is 2.88. The first kappa shape index (κ1) is 17.2. The average Bonchev–Trinajstić information content (AvgIpc) is 2.79. The van der Waals surface area contributed by atoms with Crippen molar-refractivity contribution in [1.82, 2.24) is 24.8 Å². The number of amides is 1. The van der Waals surface area contributed by atoms with Crippen LogP contribution < -0.4 is 16.7 Å². The Balaban J connectivity index is 2.24. The number of H-pyrrole nitrogens is 1. The number of ether oxygens (including phenoxy) is 1. The van der Waals surface area contributed by atoms with E-state index in [9.17, 15) is 19.5 Å². The zero-order valence-electron chi connectivity index (χ0n) is 13.4. The maximum atomic E-state index is 11.8. The molecule has 0 saturated heterocycles. The quantitative estimate of drug-likeness (QED) is 0.588. The molecule has 0 aromatic carbocycles. The Morgan fingerprint density at radius 3 is 2.75 bits per heavy atom. The normalized spacial score (nSPS) is 12.8. The van der Waals surface area contributed by atoms with Crippen LogP contribution in [0.3, 0.4) is 0 Å². The van der Waals surface area contributed by atoms with Gasteiger partial charge >= 0.3 is 17.8 Å². The third kappa shape index (κ3) is 4.00. The van der Waals surface area contributed by atoms with E-state index < -0.39 is 29.4 Å². The molecule has 1 amide bonds. The molecule has 11 heteroatoms. The summed E-state index contributed by atoms with van der Waals surface area (Å²) in [4.78, 5) is 44.5. The first-order chi connectivity index (χ1) is 11.1. The fourth-order valence-corrected chi connectivity index (χ4v) is 1.95. The third-order valence-electron chi connectivity index (χ3n) is 2.88. The van der Waals surface area contributed by atoms with E-state index in [-0.39, 0.29) is 23.5 Å². The zero-order chi connectivity index (χ0) is 18.1. The smallest absolute Gasteiger partial charge is 0.408 e. The van der Waals surface area contributed by atoms with E-state index in [1.54, 1.807) is 20.8 Å². The van der Waals surface area contributed by atoms with Crippen LogP contribution in [0.2, 0.25) is 0 Å². The van der Waals surface area contributed by atoms with E-state index in [1.165, 1.54) is 10.9 Å². The molecule has 130 valence electrons. The molecule has 0 aliphatic rings. The summed E-state index contributed by atoms with van der Waals surface area (Å²) in [5.41, 5.74) is 4.53. The van der Waals surface area contributed by atoms with Gasteiger partial charge in [0, 0.05) is 0 Å². The fourth-order valence-electron chi connectivity index (χ4n) is 1.95. The van der Waals surface area contributed by atoms with E-state index >= 15 is 0 Å². The predicted octanol–water partition coefficient (Wildman–Crippen LogP) is -0.320. The molecule has 0 fully saturated rings. The molecule has 2 aromatic heterocycles. The van der Waals surface area contributed by atoms with Crippen LogP contribution in [0.1, 0.15) is 20.8 Å². The van der Waals surface area contributed by atoms with Crippen molar-refractivity contribution < 1.29 is 19.4 Å². The summed E-state index contributed by atoms with van der Waals surface area (Å²) in [7, 11) is 0. The number of anilines is 1. The number of nitrogens with one attached hydrogen (secondary N) is 2. The number of nitrogens with two attached hydrogens (primary N) is 1. The number of carboxylic acids is 1. The number of rotatable bonds is 4. The Bertz CT molecular complexity index is 833. The number of alkyl carbamates (subject to hydrolysis) is 1. The van der Waals surface area contributed by atoms with Gasteiger partial charge in [-0.25, -0.2) is 19.4 Å². The van der Waals surface area contributed by atoms with Crippen molar-refractivity contribution in [3.8, 4) is 0 Å². The van der Waals surface area contributed by atoms with Crippen molar-refractivity contribution in [1.29, 1.82) is 0 Å². The zero-order valence-corrected chi connectivity index (χ0v) is 13.4. The lowest BCUT2D eigenvalue weighted by molar-refractivity contribution is -0.139. The van der Waals surface area contributed by atoms with Gasteiger partial charge in [0.05, 0.1) is 12.9 Å². The Morgan fingerprint density at radius 2 is 2.17 bits per heavy atom. The van der Waals surface area contributed by atoms with Crippen LogP contribution >= 0.6 is 0 Å². The minimum Gasteiger partial charge on any atom is -0.480 e. The highest BCUT2D eigenvalue weighted by atomic mass is 16.6. The van der Waals surface area contributed by atoms with Crippen molar-refractivity contribution in [2.75, 3.05) is 5.73 Å². The second kappa shape index (κ2) is 6.18. The van der Waals surface area contributed by atoms with Gasteiger partial charge in [0.1, 0.15) is 23.0 Å². The Kier molecular flexibility index (Phi) is 4.44. The number of aromatic nitrogens is 4. The standard InChI is InChI=1S/C13H18N6O5/c1-13(2,3)24-12(23)16-6(10(20)21)4-19-5-15-7-8(14)17-11(22)18-9(7)19/h5-6H,4H2,1-3H3,(H,16,23)(H,20,21)(H3,14,17,18,22)/t6-/m0/s1. The first-order valence-electron chi connectivity index (χ1n) is 7.00. The summed E-state index contributed by atoms with van der Waals surface area (Å²) < 4.78 is 6.35. The topological polar surface area (TPSA) is 165 Å². The number of hydrogen-bond donors (Lipinski definition) is 4. The number of imidazole rings is 1. The van der Waals surface area contributed by atoms with Crippen molar-refractivity contribution in [2.24, 2.45) is 0 Å². The Morgan fingerprint density at radius 1 is 1.50 bits per heavy atom. The molecular formula is C13H18N6O5. The number of carbonyl (C=O) groups excluding carboxylic acids is 1. The van der Waals surface area contributed by atoms with Gasteiger partial charge in [0.2, 0.25) is 0 Å². The molecule has 5 N–H and O–H groups in total. The monoisotopic (exact) mass is 338 g/mol. The summed E-state index contributed by atoms with van der Waals surface area (Å²) in [6.07, 6.45) is 0.415. The van der Waals surface area contributed by atoms with Gasteiger partial charge in [-0.2, -0.15) is 4.98 Å². The van der Waals surface area contributed by atoms with Crippen LogP contribution in [-0.4, -0.2) is 48.3 Å². The number of nitrogen functional groups attached to an aromatic ring is 1. The van der Waals surface area contributed by atoms with Gasteiger partial charge in [0.25, 0.3) is 0 Å². The largest absolute Gasteiger partial charge is 0.480 e. The number of aliphatic carboxylic acids is 1. The van der Waals surface area contributed by atoms with E-state index in [1.807, 2.05) is 0 Å². The van der Waals surface area contributed by atoms with Crippen molar-refractivity contribution in [2.45, 2.75) is 39.0 Å². The van der Waals surface area contributed by atoms with E-state index in [0.717, 1.165) is 0 Å². The van der Waals surface area contributed by atoms with E-state index in [0.29, 0.717) is 0 Å². The number of carboxylic acid groups (broad SMARTS) is 1. The number of nitrogens with zero attached hydrogens (tertiary/aromatic N) is 3. The van der Waals surface area contributed by atoms with E-state index in [4.69, 9.17) is 10.5 Å². The van der Waals surface area contributed by atoms with Crippen molar-refractivity contribution >= 4 is 29.0 Å². The molecule has 0 aliphatic carbocycles. The Hall–Kier alpha value is -3.11. The summed E-state index contributed by atoms with van der Waals surface area (Å²) in [5.74, 6) is -1.25. The minimum absolute atomic E-state index is 0.0238. The molecule has 0 unspecified atom stereocenters. The molecule has 1 atom stereocenters. The molecule has 2 heterocycles. The lowest BCUT2D eigenvalue weighted by atomic mass is 10.2. The SMILES string of the molecule is CC(C)(C)OC(=O)N[C@@H](Cn1cnc2c(N)[nH]c(=O)nc21)C(=O)O. The molecule has 2 rings (SSSR count). The molecule has 0 radical (unpaired) electrons. The van der Waals surface area contributed by atoms with E-state index in [2.05, 4.69) is 20.3 Å². The number of hydrogen-bond acceptors (Lipinski definition) is 7. The number of fused-ring (bicyclic) bond motifs is 1. The second-order valence-corrected chi connectivity index (χ2v) is 6.06. The molecule has 11 nitrogen and oxygen atoms in total. The van der Waals surface area contributed by atoms with Gasteiger partial charge in [-0.15, -0.1) is 0 Å². The molecule has 2 aromatic rings. The number of carbonyl (C=O) groups is 2. The minimum atomic E-state index is -1.31. The highest BCUT2D eigenvalue weighted by Gasteiger charge is 2.25. The van der Waals surface area contributed by atoms with Gasteiger partial charge in [-0.05, 0) is 20.8 Å². The lowest BCUT2D eigenvalue weighted by Gasteiger charge is -2.22. The molecule has 0 spiro atoms. The summed E-state index contributed by atoms with van der Waals surface area (Å²) in [5, 5.41) is 11.5. The molecule has 0 saturated carbocycles. The van der Waals surface area contributed by atoms with Crippen LogP contribution in [0.15, 0.2) is 11.1 Å². The maximum Gasteiger partial charge on any atom is 0.408 e.